The molecular weight excluding hydrogens is 188 g/mol. The van der Waals surface area contributed by atoms with E-state index in [9.17, 15) is 5.11 Å². The Morgan fingerprint density at radius 2 is 2.00 bits per heavy atom. The van der Waals surface area contributed by atoms with Crippen LogP contribution in [0.15, 0.2) is 0 Å². The highest BCUT2D eigenvalue weighted by molar-refractivity contribution is 4.69. The van der Waals surface area contributed by atoms with Gasteiger partial charge in [0, 0.05) is 19.6 Å². The quantitative estimate of drug-likeness (QED) is 0.698. The van der Waals surface area contributed by atoms with Crippen LogP contribution in [0.25, 0.3) is 0 Å². The molecule has 15 heavy (non-hydrogen) atoms. The Hall–Kier alpha value is -0.120. The van der Waals surface area contributed by atoms with Crippen LogP contribution in [0.2, 0.25) is 0 Å². The lowest BCUT2D eigenvalue weighted by atomic mass is 9.89. The van der Waals surface area contributed by atoms with Crippen molar-refractivity contribution in [1.82, 2.24) is 4.90 Å². The minimum absolute atomic E-state index is 0.321. The first-order valence-electron chi connectivity index (χ1n) is 6.29. The third-order valence-electron chi connectivity index (χ3n) is 3.41. The molecule has 0 bridgehead atoms. The summed E-state index contributed by atoms with van der Waals surface area (Å²) in [5.74, 6) is 0.888. The number of nitrogens with two attached hydrogens (primary N) is 1. The van der Waals surface area contributed by atoms with Crippen LogP contribution in [0.5, 0.6) is 0 Å². The zero-order valence-corrected chi connectivity index (χ0v) is 9.99. The highest BCUT2D eigenvalue weighted by atomic mass is 16.3. The second-order valence-electron chi connectivity index (χ2n) is 4.94. The summed E-state index contributed by atoms with van der Waals surface area (Å²) in [6.07, 6.45) is 7.51. The van der Waals surface area contributed by atoms with E-state index in [0.717, 1.165) is 18.9 Å². The third-order valence-corrected chi connectivity index (χ3v) is 3.41. The van der Waals surface area contributed by atoms with Crippen LogP contribution in [0, 0.1) is 5.92 Å². The molecule has 0 saturated heterocycles. The van der Waals surface area contributed by atoms with Crippen molar-refractivity contribution in [3.8, 4) is 0 Å². The number of hydrogen-bond acceptors (Lipinski definition) is 3. The van der Waals surface area contributed by atoms with E-state index in [-0.39, 0.29) is 6.10 Å². The molecule has 90 valence electrons. The van der Waals surface area contributed by atoms with E-state index < -0.39 is 0 Å². The molecule has 0 heterocycles. The SMILES string of the molecule is CN(CCC(O)CN)CC1CCCCC1. The van der Waals surface area contributed by atoms with Crippen LogP contribution in [0.4, 0.5) is 0 Å². The van der Waals surface area contributed by atoms with E-state index in [0.29, 0.717) is 6.54 Å². The second kappa shape index (κ2) is 7.20. The van der Waals surface area contributed by atoms with Gasteiger partial charge < -0.3 is 15.7 Å². The maximum absolute atomic E-state index is 9.36. The summed E-state index contributed by atoms with van der Waals surface area (Å²) in [6.45, 7) is 2.55. The molecule has 3 N–H and O–H groups in total. The van der Waals surface area contributed by atoms with Gasteiger partial charge in [-0.2, -0.15) is 0 Å². The van der Waals surface area contributed by atoms with Gasteiger partial charge >= 0.3 is 0 Å². The summed E-state index contributed by atoms with van der Waals surface area (Å²) in [6, 6.07) is 0. The number of aliphatic hydroxyl groups is 1. The summed E-state index contributed by atoms with van der Waals surface area (Å²) in [4.78, 5) is 2.34. The topological polar surface area (TPSA) is 49.5 Å². The van der Waals surface area contributed by atoms with Crippen molar-refractivity contribution in [3.05, 3.63) is 0 Å². The van der Waals surface area contributed by atoms with Gasteiger partial charge in [-0.15, -0.1) is 0 Å². The molecule has 1 atom stereocenters. The predicted octanol–water partition coefficient (Wildman–Crippen LogP) is 1.21. The Bertz CT molecular complexity index is 158. The number of rotatable bonds is 6. The summed E-state index contributed by atoms with van der Waals surface area (Å²) in [5.41, 5.74) is 5.37. The molecular formula is C12H26N2O. The molecule has 0 amide bonds. The summed E-state index contributed by atoms with van der Waals surface area (Å²) >= 11 is 0. The van der Waals surface area contributed by atoms with E-state index in [2.05, 4.69) is 11.9 Å². The maximum atomic E-state index is 9.36. The fraction of sp³-hybridized carbons (Fsp3) is 1.00. The van der Waals surface area contributed by atoms with Crippen LogP contribution in [0.1, 0.15) is 38.5 Å². The molecule has 1 fully saturated rings. The lowest BCUT2D eigenvalue weighted by Gasteiger charge is -2.27. The Morgan fingerprint density at radius 1 is 1.33 bits per heavy atom. The lowest BCUT2D eigenvalue weighted by molar-refractivity contribution is 0.145. The first-order chi connectivity index (χ1) is 7.22. The molecule has 0 radical (unpaired) electrons. The molecule has 1 aliphatic rings. The molecule has 0 spiro atoms. The zero-order valence-electron chi connectivity index (χ0n) is 9.99. The van der Waals surface area contributed by atoms with E-state index >= 15 is 0 Å². The monoisotopic (exact) mass is 214 g/mol. The van der Waals surface area contributed by atoms with Crippen LogP contribution < -0.4 is 5.73 Å². The molecule has 0 aromatic heterocycles. The average Bonchev–Trinajstić information content (AvgIpc) is 2.27. The fourth-order valence-corrected chi connectivity index (χ4v) is 2.39. The third kappa shape index (κ3) is 5.50. The van der Waals surface area contributed by atoms with E-state index in [4.69, 9.17) is 5.73 Å². The summed E-state index contributed by atoms with van der Waals surface area (Å²) < 4.78 is 0. The highest BCUT2D eigenvalue weighted by Gasteiger charge is 2.15. The molecule has 0 aromatic carbocycles. The van der Waals surface area contributed by atoms with Crippen LogP contribution >= 0.6 is 0 Å². The average molecular weight is 214 g/mol. The smallest absolute Gasteiger partial charge is 0.0674 e. The zero-order chi connectivity index (χ0) is 11.1. The van der Waals surface area contributed by atoms with Crippen molar-refractivity contribution < 1.29 is 5.11 Å². The van der Waals surface area contributed by atoms with Crippen molar-refractivity contribution in [3.63, 3.8) is 0 Å². The van der Waals surface area contributed by atoms with E-state index in [1.54, 1.807) is 0 Å². The van der Waals surface area contributed by atoms with E-state index in [1.165, 1.54) is 38.6 Å². The van der Waals surface area contributed by atoms with Gasteiger partial charge in [0.05, 0.1) is 6.10 Å². The van der Waals surface area contributed by atoms with Gasteiger partial charge in [0.25, 0.3) is 0 Å². The van der Waals surface area contributed by atoms with Gasteiger partial charge in [-0.25, -0.2) is 0 Å². The lowest BCUT2D eigenvalue weighted by Crippen LogP contribution is -2.31. The molecule has 3 nitrogen and oxygen atoms in total. The van der Waals surface area contributed by atoms with Crippen LogP contribution in [-0.2, 0) is 0 Å². The molecule has 1 rings (SSSR count). The Morgan fingerprint density at radius 3 is 2.60 bits per heavy atom. The Kier molecular flexibility index (Phi) is 6.22. The molecule has 1 unspecified atom stereocenters. The van der Waals surface area contributed by atoms with Crippen molar-refractivity contribution in [2.45, 2.75) is 44.6 Å². The van der Waals surface area contributed by atoms with Crippen molar-refractivity contribution in [2.75, 3.05) is 26.7 Å². The maximum Gasteiger partial charge on any atom is 0.0674 e. The Labute approximate surface area is 93.6 Å². The van der Waals surface area contributed by atoms with Gasteiger partial charge in [-0.1, -0.05) is 19.3 Å². The fourth-order valence-electron chi connectivity index (χ4n) is 2.39. The summed E-state index contributed by atoms with van der Waals surface area (Å²) in [5, 5.41) is 9.36. The van der Waals surface area contributed by atoms with Gasteiger partial charge in [0.1, 0.15) is 0 Å². The summed E-state index contributed by atoms with van der Waals surface area (Å²) in [7, 11) is 2.15. The molecule has 1 saturated carbocycles. The molecule has 3 heteroatoms. The van der Waals surface area contributed by atoms with Gasteiger partial charge in [0.15, 0.2) is 0 Å². The first-order valence-corrected chi connectivity index (χ1v) is 6.29. The van der Waals surface area contributed by atoms with Crippen LogP contribution in [-0.4, -0.2) is 42.8 Å². The number of nitrogens with zero attached hydrogens (tertiary/aromatic N) is 1. The van der Waals surface area contributed by atoms with Gasteiger partial charge in [-0.3, -0.25) is 0 Å². The second-order valence-corrected chi connectivity index (χ2v) is 4.94. The van der Waals surface area contributed by atoms with Crippen LogP contribution in [0.3, 0.4) is 0 Å². The Balaban J connectivity index is 2.08. The molecule has 0 aliphatic heterocycles. The molecule has 1 aliphatic carbocycles. The van der Waals surface area contributed by atoms with E-state index in [1.807, 2.05) is 0 Å². The van der Waals surface area contributed by atoms with Crippen molar-refractivity contribution in [2.24, 2.45) is 11.7 Å². The van der Waals surface area contributed by atoms with Crippen molar-refractivity contribution in [1.29, 1.82) is 0 Å². The number of aliphatic hydroxyl groups excluding tert-OH is 1. The minimum atomic E-state index is -0.321. The van der Waals surface area contributed by atoms with Crippen molar-refractivity contribution >= 4 is 0 Å². The molecule has 0 aromatic rings. The largest absolute Gasteiger partial charge is 0.392 e. The number of hydrogen-bond donors (Lipinski definition) is 2. The van der Waals surface area contributed by atoms with Gasteiger partial charge in [0.2, 0.25) is 0 Å². The predicted molar refractivity (Wildman–Crippen MR) is 63.8 cm³/mol. The first kappa shape index (κ1) is 12.9. The van der Waals surface area contributed by atoms with Gasteiger partial charge in [-0.05, 0) is 32.2 Å². The minimum Gasteiger partial charge on any atom is -0.392 e. The normalized spacial score (nSPS) is 20.8. The standard InChI is InChI=1S/C12H26N2O/c1-14(8-7-12(15)9-13)10-11-5-3-2-4-6-11/h11-12,15H,2-10,13H2,1H3. The highest BCUT2D eigenvalue weighted by Crippen LogP contribution is 2.24.